The van der Waals surface area contributed by atoms with Crippen LogP contribution in [0, 0.1) is 0 Å². The number of sulfonamides is 1. The molecule has 2 aromatic carbocycles. The predicted molar refractivity (Wildman–Crippen MR) is 107 cm³/mol. The van der Waals surface area contributed by atoms with Gasteiger partial charge in [-0.25, -0.2) is 13.1 Å². The maximum atomic E-state index is 12.9. The van der Waals surface area contributed by atoms with E-state index in [0.717, 1.165) is 24.8 Å². The maximum Gasteiger partial charge on any atom is 0.261 e. The average Bonchev–Trinajstić information content (AvgIpc) is 3.44. The van der Waals surface area contributed by atoms with Crippen LogP contribution in [0.5, 0.6) is 0 Å². The van der Waals surface area contributed by atoms with E-state index < -0.39 is 10.0 Å². The van der Waals surface area contributed by atoms with Gasteiger partial charge in [-0.15, -0.1) is 5.10 Å². The highest BCUT2D eigenvalue weighted by Crippen LogP contribution is 2.38. The first-order chi connectivity index (χ1) is 13.5. The van der Waals surface area contributed by atoms with Gasteiger partial charge in [0, 0.05) is 5.56 Å². The van der Waals surface area contributed by atoms with E-state index in [1.165, 1.54) is 0 Å². The van der Waals surface area contributed by atoms with Crippen molar-refractivity contribution in [3.05, 3.63) is 54.1 Å². The fraction of sp³-hybridized carbons (Fsp3) is 0.350. The van der Waals surface area contributed by atoms with Crippen LogP contribution in [-0.2, 0) is 10.0 Å². The summed E-state index contributed by atoms with van der Waals surface area (Å²) in [5.41, 5.74) is 2.26. The molecular weight excluding hydrogens is 374 g/mol. The molecule has 8 heteroatoms. The first-order valence-corrected chi connectivity index (χ1v) is 11.0. The summed E-state index contributed by atoms with van der Waals surface area (Å²) in [6.07, 6.45) is 3.08. The molecule has 0 radical (unpaired) electrons. The van der Waals surface area contributed by atoms with Crippen molar-refractivity contribution in [3.63, 3.8) is 0 Å². The minimum Gasteiger partial charge on any atom is -0.279 e. The van der Waals surface area contributed by atoms with Gasteiger partial charge in [-0.3, -0.25) is 4.72 Å². The number of hydrogen-bond donors (Lipinski definition) is 1. The zero-order chi connectivity index (χ0) is 19.7. The zero-order valence-electron chi connectivity index (χ0n) is 15.9. The van der Waals surface area contributed by atoms with Crippen LogP contribution in [0.1, 0.15) is 50.6 Å². The molecule has 1 aliphatic carbocycles. The summed E-state index contributed by atoms with van der Waals surface area (Å²) in [5, 5.41) is 12.0. The van der Waals surface area contributed by atoms with Crippen molar-refractivity contribution in [1.29, 1.82) is 0 Å². The van der Waals surface area contributed by atoms with Crippen molar-refractivity contribution >= 4 is 15.7 Å². The lowest BCUT2D eigenvalue weighted by Crippen LogP contribution is -2.14. The van der Waals surface area contributed by atoms with E-state index in [1.807, 2.05) is 24.3 Å². The van der Waals surface area contributed by atoms with Crippen LogP contribution in [0.2, 0.25) is 0 Å². The molecule has 4 rings (SSSR count). The normalized spacial score (nSPS) is 15.4. The van der Waals surface area contributed by atoms with Gasteiger partial charge in [-0.05, 0) is 65.4 Å². The fourth-order valence-electron chi connectivity index (χ4n) is 3.12. The first kappa shape index (κ1) is 18.6. The Kier molecular flexibility index (Phi) is 4.89. The second-order valence-electron chi connectivity index (χ2n) is 7.21. The molecule has 0 saturated heterocycles. The molecule has 1 unspecified atom stereocenters. The van der Waals surface area contributed by atoms with Crippen LogP contribution in [0.3, 0.4) is 0 Å². The van der Waals surface area contributed by atoms with Crippen molar-refractivity contribution in [2.75, 3.05) is 4.72 Å². The van der Waals surface area contributed by atoms with E-state index in [4.69, 9.17) is 0 Å². The fourth-order valence-corrected chi connectivity index (χ4v) is 4.20. The summed E-state index contributed by atoms with van der Waals surface area (Å²) in [6, 6.07) is 14.5. The molecule has 3 aromatic rings. The average molecular weight is 398 g/mol. The number of nitrogens with zero attached hydrogens (tertiary/aromatic N) is 4. The Hall–Kier alpha value is -2.74. The number of nitrogens with one attached hydrogen (secondary N) is 1. The van der Waals surface area contributed by atoms with Crippen LogP contribution in [-0.4, -0.2) is 28.6 Å². The molecule has 1 fully saturated rings. The molecule has 0 aliphatic heterocycles. The molecule has 0 amide bonds. The van der Waals surface area contributed by atoms with Crippen LogP contribution >= 0.6 is 0 Å². The smallest absolute Gasteiger partial charge is 0.261 e. The van der Waals surface area contributed by atoms with Crippen molar-refractivity contribution < 1.29 is 8.42 Å². The van der Waals surface area contributed by atoms with Crippen LogP contribution in [0.25, 0.3) is 11.4 Å². The second kappa shape index (κ2) is 7.35. The quantitative estimate of drug-likeness (QED) is 0.651. The Balaban J connectivity index is 1.65. The number of aromatic nitrogens is 4. The van der Waals surface area contributed by atoms with Gasteiger partial charge in [0.05, 0.1) is 16.6 Å². The maximum absolute atomic E-state index is 12.9. The second-order valence-corrected chi connectivity index (χ2v) is 8.89. The number of hydrogen-bond acceptors (Lipinski definition) is 5. The van der Waals surface area contributed by atoms with Gasteiger partial charge < -0.3 is 0 Å². The number of tetrazole rings is 1. The standard InChI is InChI=1S/C20H23N5O2S/c1-3-14(2)15-8-12-17(13-9-15)28(26,27)22-19-7-5-4-6-18(19)20-21-23-24-25(20)16-10-11-16/h4-9,12-14,16,22H,3,10-11H2,1-2H3. The van der Waals surface area contributed by atoms with E-state index in [1.54, 1.807) is 28.9 Å². The Labute approximate surface area is 164 Å². The summed E-state index contributed by atoms with van der Waals surface area (Å²) in [4.78, 5) is 0.233. The van der Waals surface area contributed by atoms with E-state index >= 15 is 0 Å². The molecule has 1 aromatic heterocycles. The van der Waals surface area contributed by atoms with Crippen molar-refractivity contribution in [1.82, 2.24) is 20.2 Å². The Morgan fingerprint density at radius 2 is 1.86 bits per heavy atom. The van der Waals surface area contributed by atoms with Crippen molar-refractivity contribution in [2.24, 2.45) is 0 Å². The first-order valence-electron chi connectivity index (χ1n) is 9.49. The van der Waals surface area contributed by atoms with Gasteiger partial charge in [-0.2, -0.15) is 0 Å². The van der Waals surface area contributed by atoms with E-state index in [0.29, 0.717) is 29.0 Å². The molecular formula is C20H23N5O2S. The SMILES string of the molecule is CCC(C)c1ccc(S(=O)(=O)Nc2ccccc2-c2nnnn2C2CC2)cc1. The van der Waals surface area contributed by atoms with Crippen LogP contribution in [0.4, 0.5) is 5.69 Å². The van der Waals surface area contributed by atoms with Crippen LogP contribution in [0.15, 0.2) is 53.4 Å². The summed E-state index contributed by atoms with van der Waals surface area (Å²) in [6.45, 7) is 4.24. The Morgan fingerprint density at radius 3 is 2.54 bits per heavy atom. The van der Waals surface area contributed by atoms with E-state index in [9.17, 15) is 8.42 Å². The molecule has 7 nitrogen and oxygen atoms in total. The minimum atomic E-state index is -3.72. The molecule has 0 bridgehead atoms. The molecule has 0 spiro atoms. The number of para-hydroxylation sites is 1. The highest BCUT2D eigenvalue weighted by Gasteiger charge is 2.29. The zero-order valence-corrected chi connectivity index (χ0v) is 16.7. The lowest BCUT2D eigenvalue weighted by atomic mass is 9.99. The van der Waals surface area contributed by atoms with Gasteiger partial charge in [0.2, 0.25) is 0 Å². The molecule has 1 saturated carbocycles. The monoisotopic (exact) mass is 397 g/mol. The van der Waals surface area contributed by atoms with Gasteiger partial charge >= 0.3 is 0 Å². The summed E-state index contributed by atoms with van der Waals surface area (Å²) in [5.74, 6) is 0.972. The lowest BCUT2D eigenvalue weighted by Gasteiger charge is -2.14. The highest BCUT2D eigenvalue weighted by atomic mass is 32.2. The topological polar surface area (TPSA) is 89.8 Å². The number of rotatable bonds is 7. The Morgan fingerprint density at radius 1 is 1.14 bits per heavy atom. The number of anilines is 1. The molecule has 1 aliphatic rings. The predicted octanol–water partition coefficient (Wildman–Crippen LogP) is 3.99. The van der Waals surface area contributed by atoms with E-state index in [-0.39, 0.29) is 4.90 Å². The molecule has 1 atom stereocenters. The minimum absolute atomic E-state index is 0.233. The molecule has 28 heavy (non-hydrogen) atoms. The summed E-state index contributed by atoms with van der Waals surface area (Å²) >= 11 is 0. The third-order valence-electron chi connectivity index (χ3n) is 5.17. The van der Waals surface area contributed by atoms with Crippen molar-refractivity contribution in [3.8, 4) is 11.4 Å². The number of benzene rings is 2. The molecule has 146 valence electrons. The van der Waals surface area contributed by atoms with Crippen molar-refractivity contribution in [2.45, 2.75) is 50.0 Å². The molecule has 1 N–H and O–H groups in total. The third-order valence-corrected chi connectivity index (χ3v) is 6.55. The van der Waals surface area contributed by atoms with Gasteiger partial charge in [0.15, 0.2) is 5.82 Å². The van der Waals surface area contributed by atoms with Gasteiger partial charge in [0.25, 0.3) is 10.0 Å². The highest BCUT2D eigenvalue weighted by molar-refractivity contribution is 7.92. The largest absolute Gasteiger partial charge is 0.279 e. The Bertz CT molecular complexity index is 1070. The van der Waals surface area contributed by atoms with E-state index in [2.05, 4.69) is 34.1 Å². The third kappa shape index (κ3) is 3.64. The van der Waals surface area contributed by atoms with Crippen LogP contribution < -0.4 is 4.72 Å². The lowest BCUT2D eigenvalue weighted by molar-refractivity contribution is 0.601. The summed E-state index contributed by atoms with van der Waals surface area (Å²) < 4.78 is 30.3. The van der Waals surface area contributed by atoms with Gasteiger partial charge in [0.1, 0.15) is 0 Å². The molecule has 1 heterocycles. The summed E-state index contributed by atoms with van der Waals surface area (Å²) in [7, 11) is -3.72. The van der Waals surface area contributed by atoms with Gasteiger partial charge in [-0.1, -0.05) is 38.1 Å².